The molecule has 2 aromatic carbocycles. The number of ketones is 1. The van der Waals surface area contributed by atoms with Gasteiger partial charge in [-0.05, 0) is 24.6 Å². The third-order valence-corrected chi connectivity index (χ3v) is 3.56. The Labute approximate surface area is 144 Å². The molecule has 134 valence electrons. The molecule has 0 amide bonds. The molecule has 25 heavy (non-hydrogen) atoms. The van der Waals surface area contributed by atoms with E-state index in [1.54, 1.807) is 19.1 Å². The Balaban J connectivity index is 0.000000701. The van der Waals surface area contributed by atoms with Crippen LogP contribution in [0.15, 0.2) is 30.3 Å². The number of ether oxygens (including phenoxy) is 2. The van der Waals surface area contributed by atoms with E-state index >= 15 is 0 Å². The minimum Gasteiger partial charge on any atom is -0.508 e. The van der Waals surface area contributed by atoms with Crippen LogP contribution >= 0.6 is 0 Å². The van der Waals surface area contributed by atoms with Crippen LogP contribution in [0.4, 0.5) is 0 Å². The van der Waals surface area contributed by atoms with Gasteiger partial charge in [-0.15, -0.1) is 0 Å². The standard InChI is InChI=1S/C16H14O6.C2H6O/c1-21-13-3-2-8(4-10(13)18)14-7-12(20)16-11(19)5-9(17)6-15(16)22-14;1-2-3/h2-6,14,17-19H,7H2,1H3;3H,2H2,1H3/t14-;/m0./s1. The summed E-state index contributed by atoms with van der Waals surface area (Å²) in [6.45, 7) is 1.93. The van der Waals surface area contributed by atoms with Crippen molar-refractivity contribution in [3.05, 3.63) is 41.5 Å². The number of hydrogen-bond acceptors (Lipinski definition) is 7. The smallest absolute Gasteiger partial charge is 0.174 e. The van der Waals surface area contributed by atoms with Crippen LogP contribution in [0.25, 0.3) is 0 Å². The van der Waals surface area contributed by atoms with Crippen LogP contribution in [0, 0.1) is 0 Å². The summed E-state index contributed by atoms with van der Waals surface area (Å²) < 4.78 is 10.7. The predicted octanol–water partition coefficient (Wildman–Crippen LogP) is 2.52. The highest BCUT2D eigenvalue weighted by Crippen LogP contribution is 2.42. The van der Waals surface area contributed by atoms with Crippen molar-refractivity contribution in [1.29, 1.82) is 0 Å². The number of aliphatic hydroxyl groups is 1. The topological polar surface area (TPSA) is 116 Å². The monoisotopic (exact) mass is 348 g/mol. The van der Waals surface area contributed by atoms with Crippen molar-refractivity contribution < 1.29 is 34.7 Å². The van der Waals surface area contributed by atoms with Gasteiger partial charge in [0, 0.05) is 18.7 Å². The lowest BCUT2D eigenvalue weighted by molar-refractivity contribution is 0.0844. The summed E-state index contributed by atoms with van der Waals surface area (Å²) in [6.07, 6.45) is -0.588. The molecule has 0 unspecified atom stereocenters. The van der Waals surface area contributed by atoms with Gasteiger partial charge in [0.15, 0.2) is 17.3 Å². The average molecular weight is 348 g/mol. The zero-order valence-corrected chi connectivity index (χ0v) is 13.9. The van der Waals surface area contributed by atoms with Crippen LogP contribution in [0.5, 0.6) is 28.7 Å². The van der Waals surface area contributed by atoms with Crippen LogP contribution in [-0.4, -0.2) is 39.9 Å². The minimum absolute atomic E-state index is 0.0249. The van der Waals surface area contributed by atoms with Crippen molar-refractivity contribution >= 4 is 5.78 Å². The lowest BCUT2D eigenvalue weighted by Gasteiger charge is -2.26. The number of phenols is 3. The number of aromatic hydroxyl groups is 3. The highest BCUT2D eigenvalue weighted by molar-refractivity contribution is 6.02. The van der Waals surface area contributed by atoms with Crippen molar-refractivity contribution in [2.75, 3.05) is 13.7 Å². The first-order valence-electron chi connectivity index (χ1n) is 7.64. The zero-order valence-electron chi connectivity index (χ0n) is 13.9. The predicted molar refractivity (Wildman–Crippen MR) is 89.5 cm³/mol. The van der Waals surface area contributed by atoms with Gasteiger partial charge in [0.1, 0.15) is 28.9 Å². The van der Waals surface area contributed by atoms with Gasteiger partial charge in [0.05, 0.1) is 13.5 Å². The molecule has 7 heteroatoms. The SMILES string of the molecule is CCO.COc1ccc([C@@H]2CC(=O)c3c(O)cc(O)cc3O2)cc1O. The third kappa shape index (κ3) is 3.95. The molecule has 7 nitrogen and oxygen atoms in total. The molecule has 4 N–H and O–H groups in total. The summed E-state index contributed by atoms with van der Waals surface area (Å²) in [5, 5.41) is 36.7. The Kier molecular flexibility index (Phi) is 5.71. The van der Waals surface area contributed by atoms with Crippen molar-refractivity contribution in [2.24, 2.45) is 0 Å². The van der Waals surface area contributed by atoms with E-state index in [2.05, 4.69) is 0 Å². The fourth-order valence-electron chi connectivity index (χ4n) is 2.52. The van der Waals surface area contributed by atoms with E-state index in [-0.39, 0.29) is 47.4 Å². The third-order valence-electron chi connectivity index (χ3n) is 3.56. The molecule has 0 saturated carbocycles. The molecule has 0 aliphatic carbocycles. The molecule has 0 aromatic heterocycles. The lowest BCUT2D eigenvalue weighted by Crippen LogP contribution is -2.20. The Bertz CT molecular complexity index is 770. The van der Waals surface area contributed by atoms with E-state index in [0.717, 1.165) is 6.07 Å². The minimum atomic E-state index is -0.613. The second-order valence-corrected chi connectivity index (χ2v) is 5.32. The van der Waals surface area contributed by atoms with Gasteiger partial charge in [0.25, 0.3) is 0 Å². The van der Waals surface area contributed by atoms with Crippen molar-refractivity contribution in [3.8, 4) is 28.7 Å². The first-order chi connectivity index (χ1) is 11.9. The maximum absolute atomic E-state index is 12.2. The lowest BCUT2D eigenvalue weighted by atomic mass is 9.95. The number of aliphatic hydroxyl groups excluding tert-OH is 1. The second kappa shape index (κ2) is 7.76. The van der Waals surface area contributed by atoms with Crippen LogP contribution in [0.1, 0.15) is 35.4 Å². The Morgan fingerprint density at radius 2 is 1.84 bits per heavy atom. The highest BCUT2D eigenvalue weighted by Gasteiger charge is 2.31. The molecular formula is C18H20O7. The fraction of sp³-hybridized carbons (Fsp3) is 0.278. The number of phenolic OH excluding ortho intramolecular Hbond substituents is 3. The van der Waals surface area contributed by atoms with Gasteiger partial charge in [-0.3, -0.25) is 4.79 Å². The molecule has 0 spiro atoms. The van der Waals surface area contributed by atoms with Crippen molar-refractivity contribution in [3.63, 3.8) is 0 Å². The first kappa shape index (κ1) is 18.4. The normalized spacial score (nSPS) is 15.5. The van der Waals surface area contributed by atoms with E-state index in [4.69, 9.17) is 14.6 Å². The molecule has 3 rings (SSSR count). The van der Waals surface area contributed by atoms with Gasteiger partial charge in [-0.2, -0.15) is 0 Å². The quantitative estimate of drug-likeness (QED) is 0.659. The number of carbonyl (C=O) groups is 1. The molecular weight excluding hydrogens is 328 g/mol. The van der Waals surface area contributed by atoms with E-state index in [1.165, 1.54) is 19.2 Å². The number of Topliss-reactive ketones (excluding diaryl/α,β-unsaturated/α-hetero) is 1. The van der Waals surface area contributed by atoms with Gasteiger partial charge < -0.3 is 29.9 Å². The summed E-state index contributed by atoms with van der Waals surface area (Å²) >= 11 is 0. The second-order valence-electron chi connectivity index (χ2n) is 5.32. The van der Waals surface area contributed by atoms with E-state index in [0.29, 0.717) is 11.3 Å². The Morgan fingerprint density at radius 1 is 1.16 bits per heavy atom. The molecule has 1 atom stereocenters. The summed E-state index contributed by atoms with van der Waals surface area (Å²) in [5.41, 5.74) is 0.659. The summed E-state index contributed by atoms with van der Waals surface area (Å²) in [6, 6.07) is 7.10. The molecule has 0 bridgehead atoms. The molecule has 2 aromatic rings. The molecule has 0 fully saturated rings. The first-order valence-corrected chi connectivity index (χ1v) is 7.64. The largest absolute Gasteiger partial charge is 0.508 e. The van der Waals surface area contributed by atoms with Gasteiger partial charge in [-0.25, -0.2) is 0 Å². The summed E-state index contributed by atoms with van der Waals surface area (Å²) in [7, 11) is 1.44. The van der Waals surface area contributed by atoms with E-state index < -0.39 is 6.10 Å². The van der Waals surface area contributed by atoms with E-state index in [1.807, 2.05) is 0 Å². The number of hydrogen-bond donors (Lipinski definition) is 4. The number of carbonyl (C=O) groups excluding carboxylic acids is 1. The molecule has 1 heterocycles. The Hall–Kier alpha value is -2.93. The fourth-order valence-corrected chi connectivity index (χ4v) is 2.52. The number of methoxy groups -OCH3 is 1. The maximum atomic E-state index is 12.2. The van der Waals surface area contributed by atoms with Gasteiger partial charge in [0.2, 0.25) is 0 Å². The summed E-state index contributed by atoms with van der Waals surface area (Å²) in [4.78, 5) is 12.2. The molecule has 0 saturated heterocycles. The molecule has 1 aliphatic heterocycles. The van der Waals surface area contributed by atoms with Crippen molar-refractivity contribution in [1.82, 2.24) is 0 Å². The highest BCUT2D eigenvalue weighted by atomic mass is 16.5. The number of benzene rings is 2. The van der Waals surface area contributed by atoms with Crippen LogP contribution in [0.2, 0.25) is 0 Å². The maximum Gasteiger partial charge on any atom is 0.174 e. The number of rotatable bonds is 2. The van der Waals surface area contributed by atoms with Crippen LogP contribution in [0.3, 0.4) is 0 Å². The summed E-state index contributed by atoms with van der Waals surface area (Å²) in [5.74, 6) is -0.409. The average Bonchev–Trinajstić information content (AvgIpc) is 2.54. The molecule has 1 aliphatic rings. The zero-order chi connectivity index (χ0) is 18.6. The van der Waals surface area contributed by atoms with Crippen LogP contribution in [-0.2, 0) is 0 Å². The van der Waals surface area contributed by atoms with Crippen LogP contribution < -0.4 is 9.47 Å². The van der Waals surface area contributed by atoms with Gasteiger partial charge >= 0.3 is 0 Å². The van der Waals surface area contributed by atoms with Gasteiger partial charge in [-0.1, -0.05) is 6.07 Å². The number of fused-ring (bicyclic) bond motifs is 1. The van der Waals surface area contributed by atoms with E-state index in [9.17, 15) is 20.1 Å². The molecule has 0 radical (unpaired) electrons. The van der Waals surface area contributed by atoms with Crippen molar-refractivity contribution in [2.45, 2.75) is 19.4 Å². The Morgan fingerprint density at radius 3 is 2.44 bits per heavy atom.